The summed E-state index contributed by atoms with van der Waals surface area (Å²) in [7, 11) is -4.65. The van der Waals surface area contributed by atoms with Gasteiger partial charge in [0.2, 0.25) is 0 Å². The molecule has 0 aliphatic heterocycles. The molecule has 2 heterocycles. The number of phosphoric ester groups is 1. The third-order valence-electron chi connectivity index (χ3n) is 3.83. The van der Waals surface area contributed by atoms with Crippen molar-refractivity contribution in [3.8, 4) is 0 Å². The molecule has 0 spiro atoms. The van der Waals surface area contributed by atoms with Gasteiger partial charge in [-0.05, 0) is 6.42 Å². The molecule has 1 aliphatic rings. The Morgan fingerprint density at radius 2 is 2.09 bits per heavy atom. The molecule has 6 N–H and O–H groups in total. The van der Waals surface area contributed by atoms with Crippen molar-refractivity contribution < 1.29 is 29.1 Å². The third kappa shape index (κ3) is 3.04. The number of nitrogens with zero attached hydrogens (tertiary/aromatic N) is 5. The number of nitrogens with two attached hydrogens (primary N) is 1. The first-order valence-electron chi connectivity index (χ1n) is 6.65. The number of hydrogen-bond donors (Lipinski definition) is 5. The van der Waals surface area contributed by atoms with Gasteiger partial charge < -0.3 is 25.7 Å². The summed E-state index contributed by atoms with van der Waals surface area (Å²) >= 11 is 0. The predicted octanol–water partition coefficient (Wildman–Crippen LogP) is -1.80. The number of aliphatic hydroxyl groups is 2. The molecule has 0 amide bonds. The summed E-state index contributed by atoms with van der Waals surface area (Å²) in [5, 5.41) is 28.0. The van der Waals surface area contributed by atoms with E-state index in [1.54, 1.807) is 0 Å². The van der Waals surface area contributed by atoms with Crippen molar-refractivity contribution in [2.75, 3.05) is 12.3 Å². The van der Waals surface area contributed by atoms with E-state index in [0.29, 0.717) is 5.65 Å². The first-order chi connectivity index (χ1) is 10.8. The standard InChI is InChI=1S/C10H15N6O6P/c11-9-6-10(13-3-12-9)16(15-14-6)5-1-4(7(17)8(5)18)2-22-23(19,20)21/h3-5,7-8,17-18H,1-2H2,(H2,11,12,13)(H2,19,20,21). The van der Waals surface area contributed by atoms with Gasteiger partial charge in [0, 0.05) is 5.92 Å². The lowest BCUT2D eigenvalue weighted by molar-refractivity contribution is -0.00514. The zero-order chi connectivity index (χ0) is 16.8. The van der Waals surface area contributed by atoms with Crippen molar-refractivity contribution in [2.45, 2.75) is 24.7 Å². The van der Waals surface area contributed by atoms with Crippen LogP contribution >= 0.6 is 7.82 Å². The van der Waals surface area contributed by atoms with Crippen LogP contribution in [-0.4, -0.2) is 63.8 Å². The molecule has 0 bridgehead atoms. The number of anilines is 1. The first kappa shape index (κ1) is 16.2. The van der Waals surface area contributed by atoms with Crippen LogP contribution in [0.15, 0.2) is 6.33 Å². The quantitative estimate of drug-likeness (QED) is 0.392. The van der Waals surface area contributed by atoms with Crippen molar-refractivity contribution in [3.05, 3.63) is 6.33 Å². The largest absolute Gasteiger partial charge is 0.469 e. The minimum atomic E-state index is -4.65. The van der Waals surface area contributed by atoms with Crippen LogP contribution in [0.5, 0.6) is 0 Å². The summed E-state index contributed by atoms with van der Waals surface area (Å²) in [5.74, 6) is -0.545. The van der Waals surface area contributed by atoms with Crippen LogP contribution in [0.3, 0.4) is 0 Å². The summed E-state index contributed by atoms with van der Waals surface area (Å²) in [6.45, 7) is -0.400. The van der Waals surface area contributed by atoms with Crippen molar-refractivity contribution in [1.82, 2.24) is 25.0 Å². The van der Waals surface area contributed by atoms with Crippen molar-refractivity contribution in [2.24, 2.45) is 5.92 Å². The highest BCUT2D eigenvalue weighted by Crippen LogP contribution is 2.41. The van der Waals surface area contributed by atoms with E-state index in [1.807, 2.05) is 0 Å². The SMILES string of the molecule is Nc1ncnc2c1nnn2C1CC(COP(=O)(O)O)C(O)C1O. The molecule has 13 heteroatoms. The van der Waals surface area contributed by atoms with Gasteiger partial charge >= 0.3 is 7.82 Å². The summed E-state index contributed by atoms with van der Waals surface area (Å²) in [4.78, 5) is 25.3. The Balaban J connectivity index is 1.85. The number of fused-ring (bicyclic) bond motifs is 1. The zero-order valence-electron chi connectivity index (χ0n) is 11.7. The van der Waals surface area contributed by atoms with Crippen LogP contribution in [0, 0.1) is 5.92 Å². The van der Waals surface area contributed by atoms with E-state index in [0.717, 1.165) is 0 Å². The first-order valence-corrected chi connectivity index (χ1v) is 8.18. The fourth-order valence-electron chi connectivity index (χ4n) is 2.70. The van der Waals surface area contributed by atoms with Gasteiger partial charge in [-0.3, -0.25) is 4.52 Å². The molecule has 1 saturated carbocycles. The summed E-state index contributed by atoms with van der Waals surface area (Å²) in [5.41, 5.74) is 6.23. The second kappa shape index (κ2) is 5.74. The van der Waals surface area contributed by atoms with Gasteiger partial charge in [0.1, 0.15) is 12.4 Å². The Hall–Kier alpha value is -1.69. The second-order valence-corrected chi connectivity index (χ2v) is 6.54. The zero-order valence-corrected chi connectivity index (χ0v) is 12.6. The van der Waals surface area contributed by atoms with Crippen molar-refractivity contribution in [3.63, 3.8) is 0 Å². The van der Waals surface area contributed by atoms with E-state index in [2.05, 4.69) is 24.8 Å². The van der Waals surface area contributed by atoms with Crippen molar-refractivity contribution >= 4 is 24.8 Å². The third-order valence-corrected chi connectivity index (χ3v) is 4.32. The van der Waals surface area contributed by atoms with Gasteiger partial charge in [-0.1, -0.05) is 5.21 Å². The predicted molar refractivity (Wildman–Crippen MR) is 74.7 cm³/mol. The lowest BCUT2D eigenvalue weighted by atomic mass is 10.1. The smallest absolute Gasteiger partial charge is 0.390 e. The van der Waals surface area contributed by atoms with Crippen molar-refractivity contribution in [1.29, 1.82) is 0 Å². The van der Waals surface area contributed by atoms with Gasteiger partial charge in [-0.25, -0.2) is 19.2 Å². The van der Waals surface area contributed by atoms with E-state index < -0.39 is 38.6 Å². The molecule has 3 rings (SSSR count). The molecule has 2 aromatic heterocycles. The lowest BCUT2D eigenvalue weighted by Crippen LogP contribution is -2.31. The fourth-order valence-corrected chi connectivity index (χ4v) is 3.09. The highest BCUT2D eigenvalue weighted by Gasteiger charge is 2.44. The minimum absolute atomic E-state index is 0.135. The van der Waals surface area contributed by atoms with Gasteiger partial charge in [0.05, 0.1) is 18.8 Å². The molecule has 0 aromatic carbocycles. The summed E-state index contributed by atoms with van der Waals surface area (Å²) in [6.07, 6.45) is -1.06. The second-order valence-electron chi connectivity index (χ2n) is 5.30. The highest BCUT2D eigenvalue weighted by atomic mass is 31.2. The van der Waals surface area contributed by atoms with Gasteiger partial charge in [-0.2, -0.15) is 0 Å². The number of nitrogen functional groups attached to an aromatic ring is 1. The van der Waals surface area contributed by atoms with Gasteiger partial charge in [0.25, 0.3) is 0 Å². The Morgan fingerprint density at radius 3 is 2.78 bits per heavy atom. The maximum atomic E-state index is 10.8. The molecular weight excluding hydrogens is 331 g/mol. The Morgan fingerprint density at radius 1 is 1.35 bits per heavy atom. The molecular formula is C10H15N6O6P. The lowest BCUT2D eigenvalue weighted by Gasteiger charge is -2.17. The van der Waals surface area contributed by atoms with Crippen LogP contribution in [0.2, 0.25) is 0 Å². The minimum Gasteiger partial charge on any atom is -0.390 e. The average Bonchev–Trinajstić information content (AvgIpc) is 3.01. The van der Waals surface area contributed by atoms with Crippen LogP contribution in [-0.2, 0) is 9.09 Å². The maximum absolute atomic E-state index is 10.8. The Kier molecular flexibility index (Phi) is 4.04. The van der Waals surface area contributed by atoms with Crippen LogP contribution in [0.25, 0.3) is 11.2 Å². The molecule has 1 fully saturated rings. The normalized spacial score (nSPS) is 28.5. The number of aromatic nitrogens is 5. The number of hydrogen-bond acceptors (Lipinski definition) is 9. The molecule has 1 aliphatic carbocycles. The Bertz CT molecular complexity index is 763. The van der Waals surface area contributed by atoms with E-state index in [-0.39, 0.29) is 17.8 Å². The molecule has 2 aromatic rings. The monoisotopic (exact) mass is 346 g/mol. The van der Waals surface area contributed by atoms with Crippen LogP contribution < -0.4 is 5.73 Å². The Labute approximate surface area is 129 Å². The van der Waals surface area contributed by atoms with Gasteiger partial charge in [-0.15, -0.1) is 5.10 Å². The average molecular weight is 346 g/mol. The van der Waals surface area contributed by atoms with E-state index in [1.165, 1.54) is 11.0 Å². The molecule has 0 radical (unpaired) electrons. The maximum Gasteiger partial charge on any atom is 0.469 e. The molecule has 0 saturated heterocycles. The molecule has 4 atom stereocenters. The van der Waals surface area contributed by atoms with Crippen LogP contribution in [0.4, 0.5) is 5.82 Å². The molecule has 4 unspecified atom stereocenters. The topological polar surface area (TPSA) is 190 Å². The highest BCUT2D eigenvalue weighted by molar-refractivity contribution is 7.46. The van der Waals surface area contributed by atoms with Crippen LogP contribution in [0.1, 0.15) is 12.5 Å². The van der Waals surface area contributed by atoms with E-state index in [9.17, 15) is 14.8 Å². The van der Waals surface area contributed by atoms with E-state index in [4.69, 9.17) is 15.5 Å². The number of rotatable bonds is 4. The number of aliphatic hydroxyl groups excluding tert-OH is 2. The fraction of sp³-hybridized carbons (Fsp3) is 0.600. The number of phosphoric acid groups is 1. The molecule has 126 valence electrons. The van der Waals surface area contributed by atoms with E-state index >= 15 is 0 Å². The summed E-state index contributed by atoms with van der Waals surface area (Å²) < 4.78 is 16.5. The summed E-state index contributed by atoms with van der Waals surface area (Å²) in [6, 6.07) is -0.685. The van der Waals surface area contributed by atoms with Gasteiger partial charge in [0.15, 0.2) is 17.0 Å². The molecule has 12 nitrogen and oxygen atoms in total. The molecule has 23 heavy (non-hydrogen) atoms.